The summed E-state index contributed by atoms with van der Waals surface area (Å²) in [4.78, 5) is 28.8. The van der Waals surface area contributed by atoms with E-state index < -0.39 is 0 Å². The van der Waals surface area contributed by atoms with Gasteiger partial charge in [0.25, 0.3) is 5.91 Å². The Hall–Kier alpha value is -1.99. The molecule has 2 amide bonds. The first-order chi connectivity index (χ1) is 14.5. The van der Waals surface area contributed by atoms with Crippen molar-refractivity contribution >= 4 is 11.8 Å². The number of nitrogens with one attached hydrogen (secondary N) is 1. The van der Waals surface area contributed by atoms with Crippen LogP contribution in [0.2, 0.25) is 0 Å². The van der Waals surface area contributed by atoms with Gasteiger partial charge in [0.2, 0.25) is 5.91 Å². The van der Waals surface area contributed by atoms with E-state index in [2.05, 4.69) is 17.1 Å². The molecule has 1 aliphatic carbocycles. The zero-order valence-corrected chi connectivity index (χ0v) is 17.9. The van der Waals surface area contributed by atoms with Crippen LogP contribution in [0.3, 0.4) is 0 Å². The molecule has 7 heteroatoms. The van der Waals surface area contributed by atoms with Crippen LogP contribution >= 0.6 is 0 Å². The average Bonchev–Trinajstić information content (AvgIpc) is 2.98. The molecular formula is C23H34FN3O3. The Kier molecular flexibility index (Phi) is 8.63. The predicted molar refractivity (Wildman–Crippen MR) is 114 cm³/mol. The number of hydrogen-bond acceptors (Lipinski definition) is 4. The SMILES string of the molecule is CC1CCCCC1OCCNC(=O)CN1CCCN(C(=O)c2ccc(F)cc2)CC1. The number of nitrogens with zero attached hydrogens (tertiary/aromatic N) is 2. The molecule has 2 unspecified atom stereocenters. The van der Waals surface area contributed by atoms with Gasteiger partial charge in [0.05, 0.1) is 19.3 Å². The van der Waals surface area contributed by atoms with Crippen molar-refractivity contribution < 1.29 is 18.7 Å². The van der Waals surface area contributed by atoms with Gasteiger partial charge in [0.1, 0.15) is 5.82 Å². The lowest BCUT2D eigenvalue weighted by Crippen LogP contribution is -2.41. The fourth-order valence-corrected chi connectivity index (χ4v) is 4.30. The zero-order chi connectivity index (χ0) is 21.3. The molecule has 0 spiro atoms. The number of carbonyl (C=O) groups excluding carboxylic acids is 2. The molecule has 6 nitrogen and oxygen atoms in total. The molecule has 1 N–H and O–H groups in total. The van der Waals surface area contributed by atoms with Crippen molar-refractivity contribution in [1.82, 2.24) is 15.1 Å². The van der Waals surface area contributed by atoms with E-state index in [0.717, 1.165) is 19.4 Å². The zero-order valence-electron chi connectivity index (χ0n) is 17.9. The van der Waals surface area contributed by atoms with Crippen molar-refractivity contribution in [2.24, 2.45) is 5.92 Å². The van der Waals surface area contributed by atoms with Gasteiger partial charge in [-0.1, -0.05) is 19.8 Å². The van der Waals surface area contributed by atoms with Crippen molar-refractivity contribution in [3.63, 3.8) is 0 Å². The molecule has 30 heavy (non-hydrogen) atoms. The fourth-order valence-electron chi connectivity index (χ4n) is 4.30. The lowest BCUT2D eigenvalue weighted by molar-refractivity contribution is -0.122. The van der Waals surface area contributed by atoms with Crippen molar-refractivity contribution in [3.8, 4) is 0 Å². The van der Waals surface area contributed by atoms with Crippen LogP contribution in [-0.2, 0) is 9.53 Å². The number of ether oxygens (including phenoxy) is 1. The van der Waals surface area contributed by atoms with E-state index in [1.807, 2.05) is 0 Å². The second-order valence-corrected chi connectivity index (χ2v) is 8.45. The topological polar surface area (TPSA) is 61.9 Å². The van der Waals surface area contributed by atoms with E-state index in [1.54, 1.807) is 4.90 Å². The maximum Gasteiger partial charge on any atom is 0.253 e. The molecule has 1 aromatic rings. The second kappa shape index (κ2) is 11.4. The fraction of sp³-hybridized carbons (Fsp3) is 0.652. The quantitative estimate of drug-likeness (QED) is 0.691. The Morgan fingerprint density at radius 2 is 1.83 bits per heavy atom. The lowest BCUT2D eigenvalue weighted by atomic mass is 9.88. The van der Waals surface area contributed by atoms with Crippen molar-refractivity contribution in [2.75, 3.05) is 45.9 Å². The van der Waals surface area contributed by atoms with E-state index in [4.69, 9.17) is 4.74 Å². The average molecular weight is 420 g/mol. The van der Waals surface area contributed by atoms with Crippen LogP contribution in [0.5, 0.6) is 0 Å². The summed E-state index contributed by atoms with van der Waals surface area (Å²) >= 11 is 0. The lowest BCUT2D eigenvalue weighted by Gasteiger charge is -2.28. The largest absolute Gasteiger partial charge is 0.376 e. The standard InChI is InChI=1S/C23H34FN3O3/c1-18-5-2-3-6-21(18)30-16-11-25-22(28)17-26-12-4-13-27(15-14-26)23(29)19-7-9-20(24)10-8-19/h7-10,18,21H,2-6,11-17H2,1H3,(H,25,28). The molecular weight excluding hydrogens is 385 g/mol. The summed E-state index contributed by atoms with van der Waals surface area (Å²) in [6.07, 6.45) is 6.01. The Morgan fingerprint density at radius 3 is 2.60 bits per heavy atom. The van der Waals surface area contributed by atoms with Gasteiger partial charge < -0.3 is 15.0 Å². The summed E-state index contributed by atoms with van der Waals surface area (Å²) in [5.41, 5.74) is 0.495. The maximum absolute atomic E-state index is 13.1. The van der Waals surface area contributed by atoms with E-state index >= 15 is 0 Å². The van der Waals surface area contributed by atoms with Crippen LogP contribution in [-0.4, -0.2) is 73.6 Å². The third kappa shape index (κ3) is 6.77. The van der Waals surface area contributed by atoms with Crippen molar-refractivity contribution in [3.05, 3.63) is 35.6 Å². The van der Waals surface area contributed by atoms with Crippen LogP contribution < -0.4 is 5.32 Å². The van der Waals surface area contributed by atoms with Crippen molar-refractivity contribution in [2.45, 2.75) is 45.1 Å². The Bertz CT molecular complexity index is 697. The first kappa shape index (κ1) is 22.7. The molecule has 1 aromatic carbocycles. The van der Waals surface area contributed by atoms with Gasteiger partial charge in [-0.3, -0.25) is 14.5 Å². The van der Waals surface area contributed by atoms with Crippen molar-refractivity contribution in [1.29, 1.82) is 0 Å². The summed E-state index contributed by atoms with van der Waals surface area (Å²) in [7, 11) is 0. The molecule has 3 rings (SSSR count). The summed E-state index contributed by atoms with van der Waals surface area (Å²) in [5.74, 6) is 0.161. The van der Waals surface area contributed by atoms with Gasteiger partial charge in [0, 0.05) is 38.3 Å². The molecule has 1 saturated heterocycles. The van der Waals surface area contributed by atoms with Crippen LogP contribution in [0.25, 0.3) is 0 Å². The molecule has 2 atom stereocenters. The van der Waals surface area contributed by atoms with Gasteiger partial charge in [0.15, 0.2) is 0 Å². The number of halogens is 1. The predicted octanol–water partition coefficient (Wildman–Crippen LogP) is 2.69. The Labute approximate surface area is 178 Å². The van der Waals surface area contributed by atoms with E-state index in [1.165, 1.54) is 43.5 Å². The third-order valence-corrected chi connectivity index (χ3v) is 6.12. The number of amides is 2. The van der Waals surface area contributed by atoms with Crippen LogP contribution in [0.15, 0.2) is 24.3 Å². The monoisotopic (exact) mass is 419 g/mol. The highest BCUT2D eigenvalue weighted by Gasteiger charge is 2.23. The Morgan fingerprint density at radius 1 is 1.07 bits per heavy atom. The van der Waals surface area contributed by atoms with E-state index in [0.29, 0.717) is 56.9 Å². The molecule has 1 saturated carbocycles. The highest BCUT2D eigenvalue weighted by atomic mass is 19.1. The smallest absolute Gasteiger partial charge is 0.253 e. The van der Waals surface area contributed by atoms with Gasteiger partial charge in [-0.25, -0.2) is 4.39 Å². The van der Waals surface area contributed by atoms with E-state index in [9.17, 15) is 14.0 Å². The van der Waals surface area contributed by atoms with Gasteiger partial charge >= 0.3 is 0 Å². The van der Waals surface area contributed by atoms with Gasteiger partial charge in [-0.05, 0) is 49.4 Å². The molecule has 0 radical (unpaired) electrons. The molecule has 1 heterocycles. The molecule has 166 valence electrons. The maximum atomic E-state index is 13.1. The first-order valence-corrected chi connectivity index (χ1v) is 11.2. The molecule has 0 aromatic heterocycles. The summed E-state index contributed by atoms with van der Waals surface area (Å²) in [5, 5.41) is 2.95. The minimum absolute atomic E-state index is 0.00592. The summed E-state index contributed by atoms with van der Waals surface area (Å²) in [6.45, 7) is 6.29. The molecule has 2 fully saturated rings. The number of carbonyl (C=O) groups is 2. The van der Waals surface area contributed by atoms with Crippen LogP contribution in [0, 0.1) is 11.7 Å². The van der Waals surface area contributed by atoms with Crippen LogP contribution in [0.4, 0.5) is 4.39 Å². The summed E-state index contributed by atoms with van der Waals surface area (Å²) in [6, 6.07) is 5.65. The Balaban J connectivity index is 1.35. The second-order valence-electron chi connectivity index (χ2n) is 8.45. The molecule has 1 aliphatic heterocycles. The number of rotatable bonds is 7. The number of hydrogen-bond donors (Lipinski definition) is 1. The summed E-state index contributed by atoms with van der Waals surface area (Å²) < 4.78 is 19.0. The van der Waals surface area contributed by atoms with Gasteiger partial charge in [-0.2, -0.15) is 0 Å². The minimum atomic E-state index is -0.349. The molecule has 2 aliphatic rings. The number of benzene rings is 1. The third-order valence-electron chi connectivity index (χ3n) is 6.12. The molecule has 0 bridgehead atoms. The minimum Gasteiger partial charge on any atom is -0.376 e. The van der Waals surface area contributed by atoms with Crippen LogP contribution in [0.1, 0.15) is 49.4 Å². The highest BCUT2D eigenvalue weighted by molar-refractivity contribution is 5.94. The van der Waals surface area contributed by atoms with Gasteiger partial charge in [-0.15, -0.1) is 0 Å². The first-order valence-electron chi connectivity index (χ1n) is 11.2. The normalized spacial score (nSPS) is 23.1. The van der Waals surface area contributed by atoms with E-state index in [-0.39, 0.29) is 17.6 Å². The highest BCUT2D eigenvalue weighted by Crippen LogP contribution is 2.25.